The van der Waals surface area contributed by atoms with Gasteiger partial charge >= 0.3 is 0 Å². The molecule has 1 saturated heterocycles. The topological polar surface area (TPSA) is 47.0 Å². The Morgan fingerprint density at radius 3 is 2.53 bits per heavy atom. The number of anilines is 1. The number of aromatic nitrogens is 2. The van der Waals surface area contributed by atoms with Crippen LogP contribution < -0.4 is 5.32 Å². The summed E-state index contributed by atoms with van der Waals surface area (Å²) < 4.78 is 6.05. The lowest BCUT2D eigenvalue weighted by molar-refractivity contribution is -0.0662. The summed E-state index contributed by atoms with van der Waals surface area (Å²) in [5, 5.41) is 3.45. The number of ether oxygens (including phenoxy) is 1. The van der Waals surface area contributed by atoms with Crippen LogP contribution >= 0.6 is 0 Å². The Morgan fingerprint density at radius 1 is 1.29 bits per heavy atom. The summed E-state index contributed by atoms with van der Waals surface area (Å²) in [6.45, 7) is 10.5. The van der Waals surface area contributed by atoms with Crippen molar-refractivity contribution in [3.05, 3.63) is 18.1 Å². The lowest BCUT2D eigenvalue weighted by Gasteiger charge is -2.28. The van der Waals surface area contributed by atoms with E-state index in [9.17, 15) is 0 Å². The molecule has 1 fully saturated rings. The zero-order chi connectivity index (χ0) is 12.7. The SMILES string of the molecule is Cc1cc(NC2CC(C)(C)OC2(C)C)ncn1. The molecule has 4 nitrogen and oxygen atoms in total. The van der Waals surface area contributed by atoms with Crippen molar-refractivity contribution in [2.75, 3.05) is 5.32 Å². The minimum absolute atomic E-state index is 0.0801. The Morgan fingerprint density at radius 2 is 2.00 bits per heavy atom. The number of nitrogens with one attached hydrogen (secondary N) is 1. The van der Waals surface area contributed by atoms with Gasteiger partial charge in [0.05, 0.1) is 17.2 Å². The molecule has 0 saturated carbocycles. The van der Waals surface area contributed by atoms with Crippen LogP contribution in [-0.4, -0.2) is 27.2 Å². The zero-order valence-electron chi connectivity index (χ0n) is 11.2. The fourth-order valence-corrected chi connectivity index (χ4v) is 2.50. The zero-order valence-corrected chi connectivity index (χ0v) is 11.2. The molecule has 1 unspecified atom stereocenters. The van der Waals surface area contributed by atoms with Crippen LogP contribution in [0.25, 0.3) is 0 Å². The summed E-state index contributed by atoms with van der Waals surface area (Å²) >= 11 is 0. The first-order valence-electron chi connectivity index (χ1n) is 6.04. The first-order valence-corrected chi connectivity index (χ1v) is 6.04. The summed E-state index contributed by atoms with van der Waals surface area (Å²) in [4.78, 5) is 8.34. The monoisotopic (exact) mass is 235 g/mol. The molecule has 1 N–H and O–H groups in total. The van der Waals surface area contributed by atoms with Gasteiger partial charge < -0.3 is 10.1 Å². The second-order valence-electron chi connectivity index (χ2n) is 5.91. The third-order valence-corrected chi connectivity index (χ3v) is 3.20. The van der Waals surface area contributed by atoms with Crippen LogP contribution in [0.15, 0.2) is 12.4 Å². The largest absolute Gasteiger partial charge is 0.367 e. The molecule has 94 valence electrons. The minimum atomic E-state index is -0.178. The number of hydrogen-bond acceptors (Lipinski definition) is 4. The van der Waals surface area contributed by atoms with Crippen molar-refractivity contribution < 1.29 is 4.74 Å². The molecule has 17 heavy (non-hydrogen) atoms. The van der Waals surface area contributed by atoms with E-state index in [0.29, 0.717) is 0 Å². The second kappa shape index (κ2) is 3.95. The molecular weight excluding hydrogens is 214 g/mol. The number of rotatable bonds is 2. The predicted molar refractivity (Wildman–Crippen MR) is 68.0 cm³/mol. The summed E-state index contributed by atoms with van der Waals surface area (Å²) in [6, 6.07) is 2.23. The molecule has 0 radical (unpaired) electrons. The molecule has 1 aliphatic heterocycles. The van der Waals surface area contributed by atoms with Gasteiger partial charge in [-0.3, -0.25) is 0 Å². The molecule has 0 amide bonds. The molecule has 0 bridgehead atoms. The van der Waals surface area contributed by atoms with E-state index in [1.165, 1.54) is 0 Å². The fourth-order valence-electron chi connectivity index (χ4n) is 2.50. The quantitative estimate of drug-likeness (QED) is 0.855. The van der Waals surface area contributed by atoms with Crippen LogP contribution in [0.3, 0.4) is 0 Å². The summed E-state index contributed by atoms with van der Waals surface area (Å²) in [7, 11) is 0. The van der Waals surface area contributed by atoms with E-state index in [1.54, 1.807) is 6.33 Å². The smallest absolute Gasteiger partial charge is 0.129 e. The average Bonchev–Trinajstić information content (AvgIpc) is 2.34. The van der Waals surface area contributed by atoms with E-state index in [4.69, 9.17) is 4.74 Å². The molecular formula is C13H21N3O. The van der Waals surface area contributed by atoms with Gasteiger partial charge in [-0.1, -0.05) is 0 Å². The van der Waals surface area contributed by atoms with Crippen molar-refractivity contribution in [2.24, 2.45) is 0 Å². The van der Waals surface area contributed by atoms with Crippen molar-refractivity contribution in [3.8, 4) is 0 Å². The summed E-state index contributed by atoms with van der Waals surface area (Å²) in [5.74, 6) is 0.872. The van der Waals surface area contributed by atoms with E-state index in [1.807, 2.05) is 13.0 Å². The minimum Gasteiger partial charge on any atom is -0.367 e. The lowest BCUT2D eigenvalue weighted by atomic mass is 9.94. The molecule has 4 heteroatoms. The average molecular weight is 235 g/mol. The Kier molecular flexibility index (Phi) is 2.86. The van der Waals surface area contributed by atoms with Crippen molar-refractivity contribution >= 4 is 5.82 Å². The lowest BCUT2D eigenvalue weighted by Crippen LogP contribution is -2.38. The molecule has 2 rings (SSSR count). The molecule has 1 aliphatic rings. The van der Waals surface area contributed by atoms with E-state index in [2.05, 4.69) is 43.0 Å². The Hall–Kier alpha value is -1.16. The highest BCUT2D eigenvalue weighted by Crippen LogP contribution is 2.38. The molecule has 0 aliphatic carbocycles. The molecule has 0 aromatic carbocycles. The molecule has 1 aromatic rings. The molecule has 0 spiro atoms. The third kappa shape index (κ3) is 2.75. The standard InChI is InChI=1S/C13H21N3O/c1-9-6-11(15-8-14-9)16-10-7-12(2,3)17-13(10,4)5/h6,8,10H,7H2,1-5H3,(H,14,15,16). The highest BCUT2D eigenvalue weighted by atomic mass is 16.5. The molecule has 1 aromatic heterocycles. The highest BCUT2D eigenvalue weighted by molar-refractivity contribution is 5.37. The second-order valence-corrected chi connectivity index (χ2v) is 5.91. The van der Waals surface area contributed by atoms with Crippen LogP contribution in [0.5, 0.6) is 0 Å². The number of hydrogen-bond donors (Lipinski definition) is 1. The third-order valence-electron chi connectivity index (χ3n) is 3.20. The summed E-state index contributed by atoms with van der Waals surface area (Å²) in [5.41, 5.74) is 0.712. The van der Waals surface area contributed by atoms with Crippen LogP contribution in [0.4, 0.5) is 5.82 Å². The van der Waals surface area contributed by atoms with Gasteiger partial charge in [0.2, 0.25) is 0 Å². The summed E-state index contributed by atoms with van der Waals surface area (Å²) in [6.07, 6.45) is 2.56. The van der Waals surface area contributed by atoms with E-state index in [0.717, 1.165) is 17.9 Å². The maximum Gasteiger partial charge on any atom is 0.129 e. The van der Waals surface area contributed by atoms with Crippen LogP contribution in [0.1, 0.15) is 39.8 Å². The van der Waals surface area contributed by atoms with Gasteiger partial charge in [0.1, 0.15) is 12.1 Å². The Labute approximate surface area is 103 Å². The Bertz CT molecular complexity index is 415. The molecule has 2 heterocycles. The van der Waals surface area contributed by atoms with Crippen LogP contribution in [0.2, 0.25) is 0 Å². The molecule has 1 atom stereocenters. The van der Waals surface area contributed by atoms with Gasteiger partial charge in [-0.15, -0.1) is 0 Å². The van der Waals surface area contributed by atoms with E-state index in [-0.39, 0.29) is 17.2 Å². The van der Waals surface area contributed by atoms with Crippen molar-refractivity contribution in [1.82, 2.24) is 9.97 Å². The highest BCUT2D eigenvalue weighted by Gasteiger charge is 2.45. The van der Waals surface area contributed by atoms with Gasteiger partial charge in [0, 0.05) is 11.8 Å². The van der Waals surface area contributed by atoms with Crippen LogP contribution in [0, 0.1) is 6.92 Å². The van der Waals surface area contributed by atoms with Gasteiger partial charge in [0.15, 0.2) is 0 Å². The van der Waals surface area contributed by atoms with Crippen molar-refractivity contribution in [1.29, 1.82) is 0 Å². The van der Waals surface area contributed by atoms with E-state index >= 15 is 0 Å². The van der Waals surface area contributed by atoms with E-state index < -0.39 is 0 Å². The van der Waals surface area contributed by atoms with Crippen LogP contribution in [-0.2, 0) is 4.74 Å². The Balaban J connectivity index is 2.14. The van der Waals surface area contributed by atoms with Crippen molar-refractivity contribution in [2.45, 2.75) is 58.3 Å². The number of nitrogens with zero attached hydrogens (tertiary/aromatic N) is 2. The van der Waals surface area contributed by atoms with Gasteiger partial charge in [-0.05, 0) is 41.0 Å². The maximum atomic E-state index is 6.05. The van der Waals surface area contributed by atoms with Gasteiger partial charge in [-0.25, -0.2) is 9.97 Å². The first-order chi connectivity index (χ1) is 7.78. The number of aryl methyl sites for hydroxylation is 1. The fraction of sp³-hybridized carbons (Fsp3) is 0.692. The van der Waals surface area contributed by atoms with Crippen molar-refractivity contribution in [3.63, 3.8) is 0 Å². The van der Waals surface area contributed by atoms with Gasteiger partial charge in [-0.2, -0.15) is 0 Å². The first kappa shape index (κ1) is 12.3. The predicted octanol–water partition coefficient (Wildman–Crippen LogP) is 2.54. The maximum absolute atomic E-state index is 6.05. The van der Waals surface area contributed by atoms with Gasteiger partial charge in [0.25, 0.3) is 0 Å². The normalized spacial score (nSPS) is 25.8.